The molecule has 1 aromatic carbocycles. The van der Waals surface area contributed by atoms with Gasteiger partial charge in [0.15, 0.2) is 11.1 Å². The van der Waals surface area contributed by atoms with Gasteiger partial charge in [-0.3, -0.25) is 0 Å². The topological polar surface area (TPSA) is 52.6 Å². The number of halogens is 1. The minimum absolute atomic E-state index is 0. The average Bonchev–Trinajstić information content (AvgIpc) is 3.07. The maximum atomic E-state index is 4.67. The normalized spacial score (nSPS) is 11.7. The van der Waals surface area contributed by atoms with E-state index in [9.17, 15) is 0 Å². The van der Waals surface area contributed by atoms with E-state index in [1.54, 1.807) is 11.3 Å². The number of aliphatic imine (C=N–C) groups is 1. The van der Waals surface area contributed by atoms with Gasteiger partial charge in [0.1, 0.15) is 0 Å². The highest BCUT2D eigenvalue weighted by Crippen LogP contribution is 2.21. The van der Waals surface area contributed by atoms with Crippen LogP contribution in [0.15, 0.2) is 40.7 Å². The number of guanidine groups is 1. The first-order chi connectivity index (χ1) is 11.9. The summed E-state index contributed by atoms with van der Waals surface area (Å²) in [5, 5.41) is 9.85. The Morgan fingerprint density at radius 1 is 1.19 bits per heavy atom. The number of rotatable bonds is 7. The molecular weight excluding hydrogens is 457 g/mol. The van der Waals surface area contributed by atoms with Gasteiger partial charge in [0.25, 0.3) is 0 Å². The lowest BCUT2D eigenvalue weighted by Crippen LogP contribution is -2.43. The molecule has 144 valence electrons. The van der Waals surface area contributed by atoms with Crippen molar-refractivity contribution in [3.05, 3.63) is 47.0 Å². The van der Waals surface area contributed by atoms with Crippen molar-refractivity contribution in [3.8, 4) is 0 Å². The molecular formula is C19H30IN5S. The van der Waals surface area contributed by atoms with E-state index in [1.807, 2.05) is 25.1 Å². The fourth-order valence-corrected chi connectivity index (χ4v) is 3.12. The van der Waals surface area contributed by atoms with Crippen molar-refractivity contribution in [2.75, 3.05) is 32.1 Å². The van der Waals surface area contributed by atoms with Gasteiger partial charge in [-0.25, -0.2) is 9.98 Å². The molecule has 0 spiro atoms. The molecule has 0 unspecified atom stereocenters. The standard InChI is InChI=1S/C19H29N5S.HI/c1-6-20-17(21-12-16-13-25-18(23-16)24(4)5)22-14-19(2,3)15-10-8-7-9-11-15;/h7-11,13H,6,12,14H2,1-5H3,(H2,20,21,22);1H. The van der Waals surface area contributed by atoms with Crippen LogP contribution in [0.5, 0.6) is 0 Å². The van der Waals surface area contributed by atoms with E-state index in [1.165, 1.54) is 5.56 Å². The molecule has 7 heteroatoms. The fraction of sp³-hybridized carbons (Fsp3) is 0.474. The molecule has 0 atom stereocenters. The van der Waals surface area contributed by atoms with E-state index < -0.39 is 0 Å². The molecule has 0 saturated heterocycles. The third-order valence-electron chi connectivity index (χ3n) is 3.92. The SMILES string of the molecule is CCNC(=NCc1csc(N(C)C)n1)NCC(C)(C)c1ccccc1.I. The van der Waals surface area contributed by atoms with Gasteiger partial charge in [-0.2, -0.15) is 0 Å². The highest BCUT2D eigenvalue weighted by molar-refractivity contribution is 14.0. The highest BCUT2D eigenvalue weighted by atomic mass is 127. The minimum atomic E-state index is 0. The van der Waals surface area contributed by atoms with Crippen LogP contribution in [0.1, 0.15) is 32.0 Å². The van der Waals surface area contributed by atoms with Crippen molar-refractivity contribution in [3.63, 3.8) is 0 Å². The predicted molar refractivity (Wildman–Crippen MR) is 124 cm³/mol. The molecule has 2 aromatic rings. The third-order valence-corrected chi connectivity index (χ3v) is 4.98. The molecule has 26 heavy (non-hydrogen) atoms. The smallest absolute Gasteiger partial charge is 0.191 e. The van der Waals surface area contributed by atoms with Crippen LogP contribution in [0.4, 0.5) is 5.13 Å². The molecule has 0 aliphatic carbocycles. The maximum Gasteiger partial charge on any atom is 0.191 e. The lowest BCUT2D eigenvalue weighted by Gasteiger charge is -2.26. The second-order valence-electron chi connectivity index (χ2n) is 6.81. The Morgan fingerprint density at radius 3 is 2.46 bits per heavy atom. The van der Waals surface area contributed by atoms with Gasteiger partial charge in [-0.15, -0.1) is 35.3 Å². The summed E-state index contributed by atoms with van der Waals surface area (Å²) in [6, 6.07) is 10.6. The fourth-order valence-electron chi connectivity index (χ4n) is 2.37. The summed E-state index contributed by atoms with van der Waals surface area (Å²) in [5.41, 5.74) is 2.33. The molecule has 5 nitrogen and oxygen atoms in total. The summed E-state index contributed by atoms with van der Waals surface area (Å²) in [5.74, 6) is 0.825. The Labute approximate surface area is 178 Å². The molecule has 2 rings (SSSR count). The van der Waals surface area contributed by atoms with Gasteiger partial charge < -0.3 is 15.5 Å². The molecule has 0 aliphatic rings. The van der Waals surface area contributed by atoms with Gasteiger partial charge >= 0.3 is 0 Å². The van der Waals surface area contributed by atoms with Gasteiger partial charge in [0, 0.05) is 38.0 Å². The molecule has 1 aromatic heterocycles. The van der Waals surface area contributed by atoms with Crippen molar-refractivity contribution < 1.29 is 0 Å². The first-order valence-electron chi connectivity index (χ1n) is 8.62. The van der Waals surface area contributed by atoms with Crippen molar-refractivity contribution in [2.24, 2.45) is 4.99 Å². The van der Waals surface area contributed by atoms with Crippen molar-refractivity contribution in [1.29, 1.82) is 0 Å². The Hall–Kier alpha value is -1.35. The lowest BCUT2D eigenvalue weighted by molar-refractivity contribution is 0.508. The number of anilines is 1. The first kappa shape index (κ1) is 22.7. The van der Waals surface area contributed by atoms with Crippen LogP contribution in [0.3, 0.4) is 0 Å². The molecule has 0 amide bonds. The van der Waals surface area contributed by atoms with Gasteiger partial charge in [0.2, 0.25) is 0 Å². The zero-order valence-corrected chi connectivity index (χ0v) is 19.4. The number of thiazole rings is 1. The second-order valence-corrected chi connectivity index (χ2v) is 7.65. The van der Waals surface area contributed by atoms with Crippen LogP contribution in [0.25, 0.3) is 0 Å². The van der Waals surface area contributed by atoms with E-state index in [0.29, 0.717) is 6.54 Å². The van der Waals surface area contributed by atoms with E-state index in [2.05, 4.69) is 71.0 Å². The Bertz CT molecular complexity index is 682. The van der Waals surface area contributed by atoms with Gasteiger partial charge in [-0.1, -0.05) is 44.2 Å². The van der Waals surface area contributed by atoms with Crippen molar-refractivity contribution in [2.45, 2.75) is 32.7 Å². The Kier molecular flexibility index (Phi) is 9.35. The predicted octanol–water partition coefficient (Wildman–Crippen LogP) is 3.86. The number of nitrogens with zero attached hydrogens (tertiary/aromatic N) is 3. The zero-order valence-electron chi connectivity index (χ0n) is 16.2. The number of aromatic nitrogens is 1. The highest BCUT2D eigenvalue weighted by Gasteiger charge is 2.20. The van der Waals surface area contributed by atoms with Gasteiger partial charge in [-0.05, 0) is 12.5 Å². The molecule has 0 fully saturated rings. The van der Waals surface area contributed by atoms with Gasteiger partial charge in [0.05, 0.1) is 12.2 Å². The number of nitrogens with one attached hydrogen (secondary N) is 2. The largest absolute Gasteiger partial charge is 0.357 e. The summed E-state index contributed by atoms with van der Waals surface area (Å²) in [6.07, 6.45) is 0. The Morgan fingerprint density at radius 2 is 1.88 bits per heavy atom. The molecule has 0 radical (unpaired) electrons. The van der Waals surface area contributed by atoms with E-state index in [-0.39, 0.29) is 29.4 Å². The summed E-state index contributed by atoms with van der Waals surface area (Å²) >= 11 is 1.64. The molecule has 0 bridgehead atoms. The van der Waals surface area contributed by atoms with E-state index in [0.717, 1.165) is 29.9 Å². The monoisotopic (exact) mass is 487 g/mol. The van der Waals surface area contributed by atoms with Crippen molar-refractivity contribution in [1.82, 2.24) is 15.6 Å². The van der Waals surface area contributed by atoms with Crippen LogP contribution < -0.4 is 15.5 Å². The third kappa shape index (κ3) is 6.75. The second kappa shape index (κ2) is 10.7. The zero-order chi connectivity index (χ0) is 18.3. The minimum Gasteiger partial charge on any atom is -0.357 e. The molecule has 0 aliphatic heterocycles. The maximum absolute atomic E-state index is 4.67. The molecule has 2 N–H and O–H groups in total. The summed E-state index contributed by atoms with van der Waals surface area (Å²) in [4.78, 5) is 11.3. The summed E-state index contributed by atoms with van der Waals surface area (Å²) in [6.45, 7) is 8.77. The Balaban J connectivity index is 0.00000338. The summed E-state index contributed by atoms with van der Waals surface area (Å²) in [7, 11) is 4.01. The van der Waals surface area contributed by atoms with Crippen LogP contribution in [-0.2, 0) is 12.0 Å². The number of benzene rings is 1. The first-order valence-corrected chi connectivity index (χ1v) is 9.50. The van der Waals surface area contributed by atoms with E-state index in [4.69, 9.17) is 0 Å². The van der Waals surface area contributed by atoms with E-state index >= 15 is 0 Å². The van der Waals surface area contributed by atoms with Crippen LogP contribution in [0, 0.1) is 0 Å². The van der Waals surface area contributed by atoms with Crippen LogP contribution in [0.2, 0.25) is 0 Å². The van der Waals surface area contributed by atoms with Crippen LogP contribution >= 0.6 is 35.3 Å². The summed E-state index contributed by atoms with van der Waals surface area (Å²) < 4.78 is 0. The molecule has 1 heterocycles. The quantitative estimate of drug-likeness (QED) is 0.354. The molecule has 0 saturated carbocycles. The average molecular weight is 487 g/mol. The van der Waals surface area contributed by atoms with Crippen molar-refractivity contribution >= 4 is 46.4 Å². The van der Waals surface area contributed by atoms with Crippen LogP contribution in [-0.4, -0.2) is 38.1 Å². The lowest BCUT2D eigenvalue weighted by atomic mass is 9.85. The number of hydrogen-bond donors (Lipinski definition) is 2. The number of hydrogen-bond acceptors (Lipinski definition) is 4.